The number of fused-ring (bicyclic) bond motifs is 1. The van der Waals surface area contributed by atoms with E-state index >= 15 is 0 Å². The fourth-order valence-corrected chi connectivity index (χ4v) is 9.78. The Kier molecular flexibility index (Phi) is 15.3. The van der Waals surface area contributed by atoms with E-state index in [1.165, 1.54) is 46.6 Å². The molecule has 3 aromatic rings. The van der Waals surface area contributed by atoms with Gasteiger partial charge in [-0.3, -0.25) is 0 Å². The Morgan fingerprint density at radius 3 is 1.45 bits per heavy atom. The Hall–Kier alpha value is -4.22. The second-order valence-electron chi connectivity index (χ2n) is 16.7. The normalized spacial score (nSPS) is 33.5. The first-order chi connectivity index (χ1) is 30.8. The third-order valence-electron chi connectivity index (χ3n) is 13.2. The zero-order valence-electron chi connectivity index (χ0n) is 36.0. The number of aliphatic hydroxyl groups excluding tert-OH is 10. The van der Waals surface area contributed by atoms with Crippen LogP contribution in [0.5, 0.6) is 40.2 Å². The van der Waals surface area contributed by atoms with E-state index in [2.05, 4.69) is 0 Å². The standard InChI is InChI=1S/C45H60O19/c1-56-29-13-20(5-11-27(29)61-44-41(54)39(52)37(50)34(18-47)63-44)23-7-9-26-24(8-10-25(23)26)22-15-31(58-3)43(32(16-22)59-4)60-33(17-46)36(49)21-6-12-28(30(14-21)57-2)62-45-42(55)40(53)38(51)35(19-48)64-45/h5-6,11-16,23-26,33-42,44-55H,7-10,17-19H2,1-4H3. The molecular weight excluding hydrogens is 844 g/mol. The number of aliphatic hydroxyl groups is 10. The van der Waals surface area contributed by atoms with E-state index in [1.807, 2.05) is 24.3 Å². The van der Waals surface area contributed by atoms with Crippen molar-refractivity contribution in [3.63, 3.8) is 0 Å². The van der Waals surface area contributed by atoms with Crippen LogP contribution in [-0.4, -0.2) is 167 Å². The molecule has 7 rings (SSSR count). The van der Waals surface area contributed by atoms with Crippen molar-refractivity contribution in [3.05, 3.63) is 65.2 Å². The van der Waals surface area contributed by atoms with Gasteiger partial charge in [0.05, 0.1) is 48.3 Å². The lowest BCUT2D eigenvalue weighted by Gasteiger charge is -2.39. The van der Waals surface area contributed by atoms with E-state index in [0.717, 1.165) is 36.8 Å². The van der Waals surface area contributed by atoms with Crippen LogP contribution in [0.4, 0.5) is 0 Å². The minimum absolute atomic E-state index is 0.0586. The second-order valence-corrected chi connectivity index (χ2v) is 16.7. The lowest BCUT2D eigenvalue weighted by molar-refractivity contribution is -0.277. The monoisotopic (exact) mass is 904 g/mol. The first kappa shape index (κ1) is 47.7. The molecule has 0 radical (unpaired) electrons. The van der Waals surface area contributed by atoms with Gasteiger partial charge in [0.25, 0.3) is 0 Å². The van der Waals surface area contributed by atoms with Crippen LogP contribution in [0.3, 0.4) is 0 Å². The highest BCUT2D eigenvalue weighted by Crippen LogP contribution is 2.59. The molecule has 3 aromatic carbocycles. The van der Waals surface area contributed by atoms with E-state index in [9.17, 15) is 51.1 Å². The van der Waals surface area contributed by atoms with Gasteiger partial charge in [-0.1, -0.05) is 12.1 Å². The molecule has 19 nitrogen and oxygen atoms in total. The summed E-state index contributed by atoms with van der Waals surface area (Å²) in [7, 11) is 5.85. The zero-order chi connectivity index (χ0) is 46.0. The summed E-state index contributed by atoms with van der Waals surface area (Å²) in [6.07, 6.45) is -13.5. The fraction of sp³-hybridized carbons (Fsp3) is 0.600. The van der Waals surface area contributed by atoms with Crippen LogP contribution >= 0.6 is 0 Å². The van der Waals surface area contributed by atoms with Gasteiger partial charge < -0.3 is 93.7 Å². The average molecular weight is 905 g/mol. The van der Waals surface area contributed by atoms with Crippen molar-refractivity contribution in [1.29, 1.82) is 0 Å². The van der Waals surface area contributed by atoms with E-state index in [1.54, 1.807) is 6.07 Å². The van der Waals surface area contributed by atoms with Crippen molar-refractivity contribution >= 4 is 0 Å². The molecule has 0 aromatic heterocycles. The summed E-state index contributed by atoms with van der Waals surface area (Å²) in [5.41, 5.74) is 2.33. The van der Waals surface area contributed by atoms with Crippen LogP contribution < -0.4 is 33.2 Å². The maximum absolute atomic E-state index is 11.5. The molecule has 16 atom stereocenters. The minimum atomic E-state index is -1.66. The molecule has 64 heavy (non-hydrogen) atoms. The van der Waals surface area contributed by atoms with Gasteiger partial charge in [-0.2, -0.15) is 0 Å². The molecule has 0 amide bonds. The quantitative estimate of drug-likeness (QED) is 0.0868. The van der Waals surface area contributed by atoms with Crippen LogP contribution in [0.15, 0.2) is 48.5 Å². The predicted octanol–water partition coefficient (Wildman–Crippen LogP) is 0.239. The Balaban J connectivity index is 1.04. The summed E-state index contributed by atoms with van der Waals surface area (Å²) < 4.78 is 51.8. The molecule has 354 valence electrons. The number of rotatable bonds is 17. The average Bonchev–Trinajstić information content (AvgIpc) is 3.94. The predicted molar refractivity (Wildman–Crippen MR) is 222 cm³/mol. The van der Waals surface area contributed by atoms with Crippen molar-refractivity contribution in [3.8, 4) is 40.2 Å². The molecule has 2 aliphatic heterocycles. The molecule has 2 aliphatic carbocycles. The van der Waals surface area contributed by atoms with Gasteiger partial charge in [0, 0.05) is 0 Å². The van der Waals surface area contributed by atoms with Crippen LogP contribution in [-0.2, 0) is 9.47 Å². The van der Waals surface area contributed by atoms with Gasteiger partial charge in [-0.25, -0.2) is 0 Å². The summed E-state index contributed by atoms with van der Waals surface area (Å²) >= 11 is 0. The molecule has 16 unspecified atom stereocenters. The maximum Gasteiger partial charge on any atom is 0.229 e. The minimum Gasteiger partial charge on any atom is -0.493 e. The molecule has 0 spiro atoms. The van der Waals surface area contributed by atoms with Crippen molar-refractivity contribution in [2.45, 2.75) is 111 Å². The SMILES string of the molecule is COc1cc(C(O)C(CO)Oc2c(OC)cc(C3CCC4C(c5ccc(OC6OC(CO)C(O)C(O)C6O)c(OC)c5)CCC34)cc2OC)ccc1OC1OC(CO)C(O)C(O)C1O. The third kappa shape index (κ3) is 9.27. The van der Waals surface area contributed by atoms with Crippen LogP contribution in [0, 0.1) is 11.8 Å². The molecule has 2 saturated carbocycles. The van der Waals surface area contributed by atoms with Gasteiger partial charge in [0.1, 0.15) is 54.9 Å². The molecular formula is C45H60O19. The summed E-state index contributed by atoms with van der Waals surface area (Å²) in [6, 6.07) is 13.8. The Labute approximate surface area is 369 Å². The maximum atomic E-state index is 11.5. The zero-order valence-corrected chi connectivity index (χ0v) is 36.0. The van der Waals surface area contributed by atoms with Crippen LogP contribution in [0.2, 0.25) is 0 Å². The van der Waals surface area contributed by atoms with Crippen LogP contribution in [0.1, 0.15) is 60.3 Å². The summed E-state index contributed by atoms with van der Waals surface area (Å²) in [5, 5.41) is 103. The second kappa shape index (κ2) is 20.5. The van der Waals surface area contributed by atoms with Crippen LogP contribution in [0.25, 0.3) is 0 Å². The number of ether oxygens (including phenoxy) is 9. The Bertz CT molecular complexity index is 1990. The van der Waals surface area contributed by atoms with Gasteiger partial charge >= 0.3 is 0 Å². The molecule has 4 fully saturated rings. The lowest BCUT2D eigenvalue weighted by atomic mass is 9.83. The highest BCUT2D eigenvalue weighted by atomic mass is 16.7. The van der Waals surface area contributed by atoms with Crippen molar-refractivity contribution < 1.29 is 93.7 Å². The molecule has 10 N–H and O–H groups in total. The molecule has 2 heterocycles. The first-order valence-electron chi connectivity index (χ1n) is 21.3. The van der Waals surface area contributed by atoms with E-state index < -0.39 is 93.4 Å². The molecule has 4 aliphatic rings. The Morgan fingerprint density at radius 1 is 0.531 bits per heavy atom. The lowest BCUT2D eigenvalue weighted by Crippen LogP contribution is -2.60. The van der Waals surface area contributed by atoms with E-state index in [-0.39, 0.29) is 40.4 Å². The number of benzene rings is 3. The Morgan fingerprint density at radius 2 is 0.984 bits per heavy atom. The number of hydrogen-bond acceptors (Lipinski definition) is 19. The number of methoxy groups -OCH3 is 4. The largest absolute Gasteiger partial charge is 0.493 e. The first-order valence-corrected chi connectivity index (χ1v) is 21.3. The van der Waals surface area contributed by atoms with Gasteiger partial charge in [0.2, 0.25) is 18.3 Å². The number of hydrogen-bond donors (Lipinski definition) is 10. The highest BCUT2D eigenvalue weighted by Gasteiger charge is 2.48. The topological polar surface area (TPSA) is 285 Å². The van der Waals surface area contributed by atoms with Crippen molar-refractivity contribution in [2.75, 3.05) is 48.3 Å². The fourth-order valence-electron chi connectivity index (χ4n) is 9.78. The summed E-state index contributed by atoms with van der Waals surface area (Å²) in [5.74, 6) is 2.76. The summed E-state index contributed by atoms with van der Waals surface area (Å²) in [6.45, 7) is -1.82. The van der Waals surface area contributed by atoms with Gasteiger partial charge in [-0.05, 0) is 102 Å². The van der Waals surface area contributed by atoms with Crippen molar-refractivity contribution in [1.82, 2.24) is 0 Å². The summed E-state index contributed by atoms with van der Waals surface area (Å²) in [4.78, 5) is 0. The molecule has 0 bridgehead atoms. The van der Waals surface area contributed by atoms with Crippen molar-refractivity contribution in [2.24, 2.45) is 11.8 Å². The highest BCUT2D eigenvalue weighted by molar-refractivity contribution is 5.55. The van der Waals surface area contributed by atoms with E-state index in [0.29, 0.717) is 29.1 Å². The third-order valence-corrected chi connectivity index (χ3v) is 13.2. The smallest absolute Gasteiger partial charge is 0.229 e. The van der Waals surface area contributed by atoms with Gasteiger partial charge in [-0.15, -0.1) is 0 Å². The molecule has 2 saturated heterocycles. The molecule has 19 heteroatoms. The van der Waals surface area contributed by atoms with E-state index in [4.69, 9.17) is 42.6 Å². The van der Waals surface area contributed by atoms with Gasteiger partial charge in [0.15, 0.2) is 40.6 Å².